The number of hydrogen-bond acceptors (Lipinski definition) is 5. The Bertz CT molecular complexity index is 645. The van der Waals surface area contributed by atoms with Gasteiger partial charge in [-0.15, -0.1) is 0 Å². The first-order valence-electron chi connectivity index (χ1n) is 5.51. The van der Waals surface area contributed by atoms with Crippen LogP contribution in [0.1, 0.15) is 0 Å². The highest BCUT2D eigenvalue weighted by molar-refractivity contribution is 6.31. The topological polar surface area (TPSA) is 70.4 Å². The van der Waals surface area contributed by atoms with Crippen LogP contribution in [0.4, 0.5) is 22.7 Å². The van der Waals surface area contributed by atoms with E-state index in [1.807, 2.05) is 6.07 Å². The molecule has 96 valence electrons. The number of anilines is 3. The van der Waals surface area contributed by atoms with Crippen LogP contribution >= 0.6 is 11.6 Å². The van der Waals surface area contributed by atoms with Crippen molar-refractivity contribution in [1.82, 2.24) is 0 Å². The summed E-state index contributed by atoms with van der Waals surface area (Å²) < 4.78 is 0. The molecule has 1 aliphatic rings. The number of nitrogens with zero attached hydrogens (tertiary/aromatic N) is 2. The first kappa shape index (κ1) is 11.6. The molecule has 1 heterocycles. The molecule has 2 aromatic carbocycles. The van der Waals surface area contributed by atoms with Gasteiger partial charge in [-0.1, -0.05) is 11.6 Å². The normalized spacial score (nSPS) is 12.6. The van der Waals surface area contributed by atoms with E-state index in [2.05, 4.69) is 10.9 Å². The molecule has 0 saturated carbocycles. The van der Waals surface area contributed by atoms with Crippen molar-refractivity contribution < 1.29 is 4.92 Å². The van der Waals surface area contributed by atoms with Gasteiger partial charge in [0.05, 0.1) is 22.0 Å². The van der Waals surface area contributed by atoms with Crippen LogP contribution in [0.5, 0.6) is 0 Å². The van der Waals surface area contributed by atoms with Gasteiger partial charge in [-0.2, -0.15) is 5.12 Å². The molecule has 1 aliphatic heterocycles. The molecular formula is C12H9ClN4O2. The number of fused-ring (bicyclic) bond motifs is 1. The third kappa shape index (κ3) is 2.13. The fraction of sp³-hybridized carbons (Fsp3) is 0. The highest BCUT2D eigenvalue weighted by atomic mass is 35.5. The number of nitrogens with one attached hydrogen (secondary N) is 2. The first-order chi connectivity index (χ1) is 9.13. The minimum Gasteiger partial charge on any atom is -0.277 e. The van der Waals surface area contributed by atoms with Crippen molar-refractivity contribution in [2.75, 3.05) is 16.0 Å². The van der Waals surface area contributed by atoms with Gasteiger partial charge < -0.3 is 0 Å². The van der Waals surface area contributed by atoms with E-state index >= 15 is 0 Å². The molecule has 2 N–H and O–H groups in total. The van der Waals surface area contributed by atoms with Gasteiger partial charge in [0.25, 0.3) is 5.69 Å². The van der Waals surface area contributed by atoms with Gasteiger partial charge in [-0.05, 0) is 30.3 Å². The van der Waals surface area contributed by atoms with E-state index in [4.69, 9.17) is 11.6 Å². The molecule has 0 bridgehead atoms. The third-order valence-electron chi connectivity index (χ3n) is 2.76. The summed E-state index contributed by atoms with van der Waals surface area (Å²) in [5, 5.41) is 12.9. The van der Waals surface area contributed by atoms with Crippen molar-refractivity contribution in [3.05, 3.63) is 57.6 Å². The van der Waals surface area contributed by atoms with Gasteiger partial charge in [-0.25, -0.2) is 0 Å². The predicted molar refractivity (Wildman–Crippen MR) is 74.3 cm³/mol. The summed E-state index contributed by atoms with van der Waals surface area (Å²) in [5.41, 5.74) is 8.79. The molecule has 0 atom stereocenters. The molecule has 0 amide bonds. The highest BCUT2D eigenvalue weighted by Gasteiger charge is 2.18. The maximum absolute atomic E-state index is 10.6. The van der Waals surface area contributed by atoms with E-state index in [0.29, 0.717) is 5.02 Å². The van der Waals surface area contributed by atoms with Crippen molar-refractivity contribution in [2.24, 2.45) is 0 Å². The van der Waals surface area contributed by atoms with Crippen LogP contribution < -0.4 is 16.0 Å². The van der Waals surface area contributed by atoms with Crippen molar-refractivity contribution in [2.45, 2.75) is 0 Å². The predicted octanol–water partition coefficient (Wildman–Crippen LogP) is 3.42. The zero-order valence-corrected chi connectivity index (χ0v) is 10.4. The van der Waals surface area contributed by atoms with Gasteiger partial charge in [0.1, 0.15) is 0 Å². The average molecular weight is 277 g/mol. The number of hydrazine groups is 2. The van der Waals surface area contributed by atoms with E-state index in [1.54, 1.807) is 29.4 Å². The lowest BCUT2D eigenvalue weighted by atomic mass is 10.3. The van der Waals surface area contributed by atoms with Gasteiger partial charge in [0, 0.05) is 17.2 Å². The second-order valence-corrected chi connectivity index (χ2v) is 4.46. The zero-order chi connectivity index (χ0) is 13.4. The minimum absolute atomic E-state index is 0.0588. The Kier molecular flexibility index (Phi) is 2.64. The summed E-state index contributed by atoms with van der Waals surface area (Å²) in [6, 6.07) is 11.7. The molecule has 0 radical (unpaired) electrons. The van der Waals surface area contributed by atoms with Crippen LogP contribution in [0.2, 0.25) is 5.02 Å². The van der Waals surface area contributed by atoms with Gasteiger partial charge in [0.15, 0.2) is 0 Å². The van der Waals surface area contributed by atoms with Crippen LogP contribution in [0, 0.1) is 10.1 Å². The summed E-state index contributed by atoms with van der Waals surface area (Å²) in [4.78, 5) is 10.2. The number of benzene rings is 2. The Labute approximate surface area is 113 Å². The van der Waals surface area contributed by atoms with E-state index in [0.717, 1.165) is 17.1 Å². The maximum atomic E-state index is 10.6. The van der Waals surface area contributed by atoms with Crippen LogP contribution in [0.3, 0.4) is 0 Å². The van der Waals surface area contributed by atoms with Crippen molar-refractivity contribution in [3.63, 3.8) is 0 Å². The summed E-state index contributed by atoms with van der Waals surface area (Å²) in [6.45, 7) is 0. The van der Waals surface area contributed by atoms with Gasteiger partial charge in [-0.3, -0.25) is 21.0 Å². The maximum Gasteiger partial charge on any atom is 0.269 e. The van der Waals surface area contributed by atoms with Crippen molar-refractivity contribution in [3.8, 4) is 0 Å². The molecule has 2 aromatic rings. The van der Waals surface area contributed by atoms with Crippen LogP contribution in [0.15, 0.2) is 42.5 Å². The van der Waals surface area contributed by atoms with E-state index in [-0.39, 0.29) is 5.69 Å². The number of rotatable bonds is 2. The number of nitro benzene ring substituents is 1. The molecule has 19 heavy (non-hydrogen) atoms. The summed E-state index contributed by atoms with van der Waals surface area (Å²) >= 11 is 5.91. The largest absolute Gasteiger partial charge is 0.277 e. The average Bonchev–Trinajstić information content (AvgIpc) is 2.81. The molecule has 0 unspecified atom stereocenters. The molecule has 7 heteroatoms. The molecule has 3 rings (SSSR count). The lowest BCUT2D eigenvalue weighted by molar-refractivity contribution is -0.384. The number of nitro groups is 1. The summed E-state index contributed by atoms with van der Waals surface area (Å²) in [5.74, 6) is 0. The summed E-state index contributed by atoms with van der Waals surface area (Å²) in [7, 11) is 0. The number of halogens is 1. The lowest BCUT2D eigenvalue weighted by Crippen LogP contribution is -2.29. The molecule has 0 saturated heterocycles. The van der Waals surface area contributed by atoms with Crippen LogP contribution in [-0.4, -0.2) is 4.92 Å². The quantitative estimate of drug-likeness (QED) is 0.650. The summed E-state index contributed by atoms with van der Waals surface area (Å²) in [6.07, 6.45) is 0. The Hall–Kier alpha value is -2.47. The Morgan fingerprint density at radius 3 is 2.42 bits per heavy atom. The second-order valence-electron chi connectivity index (χ2n) is 4.02. The molecule has 0 aromatic heterocycles. The van der Waals surface area contributed by atoms with Crippen LogP contribution in [0.25, 0.3) is 0 Å². The monoisotopic (exact) mass is 276 g/mol. The Morgan fingerprint density at radius 1 is 1.05 bits per heavy atom. The zero-order valence-electron chi connectivity index (χ0n) is 9.63. The third-order valence-corrected chi connectivity index (χ3v) is 3.00. The van der Waals surface area contributed by atoms with Crippen LogP contribution in [-0.2, 0) is 0 Å². The smallest absolute Gasteiger partial charge is 0.269 e. The molecule has 0 spiro atoms. The second kappa shape index (κ2) is 4.33. The Morgan fingerprint density at radius 2 is 1.74 bits per heavy atom. The molecule has 0 fully saturated rings. The Balaban J connectivity index is 1.84. The van der Waals surface area contributed by atoms with Gasteiger partial charge >= 0.3 is 0 Å². The highest BCUT2D eigenvalue weighted by Crippen LogP contribution is 2.33. The van der Waals surface area contributed by atoms with Gasteiger partial charge in [0.2, 0.25) is 0 Å². The minimum atomic E-state index is -0.427. The van der Waals surface area contributed by atoms with E-state index in [1.165, 1.54) is 12.1 Å². The fourth-order valence-corrected chi connectivity index (χ4v) is 2.00. The number of non-ortho nitro benzene ring substituents is 1. The SMILES string of the molecule is O=[N+]([O-])c1ccc(N2Nc3ccc(Cl)cc3N2)cc1. The molecular weight excluding hydrogens is 268 g/mol. The van der Waals surface area contributed by atoms with E-state index in [9.17, 15) is 10.1 Å². The van der Waals surface area contributed by atoms with E-state index < -0.39 is 4.92 Å². The van der Waals surface area contributed by atoms with Crippen molar-refractivity contribution in [1.29, 1.82) is 0 Å². The lowest BCUT2D eigenvalue weighted by Gasteiger charge is -2.18. The number of hydrogen-bond donors (Lipinski definition) is 2. The van der Waals surface area contributed by atoms with Crippen molar-refractivity contribution >= 4 is 34.4 Å². The molecule has 6 nitrogen and oxygen atoms in total. The standard InChI is InChI=1S/C12H9ClN4O2/c13-8-1-6-11-12(7-8)15-16(14-11)9-2-4-10(5-3-9)17(18)19/h1-7,14-15H. The fourth-order valence-electron chi connectivity index (χ4n) is 1.83. The first-order valence-corrected chi connectivity index (χ1v) is 5.89. The molecule has 0 aliphatic carbocycles.